The Morgan fingerprint density at radius 1 is 0.839 bits per heavy atom. The summed E-state index contributed by atoms with van der Waals surface area (Å²) in [6.07, 6.45) is 7.96. The van der Waals surface area contributed by atoms with Crippen molar-refractivity contribution < 1.29 is 14.3 Å². The van der Waals surface area contributed by atoms with Gasteiger partial charge >= 0.3 is 5.97 Å². The van der Waals surface area contributed by atoms with E-state index in [1.54, 1.807) is 0 Å². The third-order valence-corrected chi connectivity index (χ3v) is 7.86. The number of carbonyl (C=O) groups is 2. The van der Waals surface area contributed by atoms with Crippen molar-refractivity contribution in [3.8, 4) is 0 Å². The Hall–Kier alpha value is -2.94. The van der Waals surface area contributed by atoms with Gasteiger partial charge in [0.2, 0.25) is 0 Å². The predicted octanol–water partition coefficient (Wildman–Crippen LogP) is 5.72. The normalized spacial score (nSPS) is 32.9. The number of hydrogen-bond donors (Lipinski definition) is 0. The molecule has 0 aromatic heterocycles. The van der Waals surface area contributed by atoms with Crippen LogP contribution >= 0.6 is 0 Å². The van der Waals surface area contributed by atoms with E-state index in [4.69, 9.17) is 4.74 Å². The molecule has 0 spiro atoms. The van der Waals surface area contributed by atoms with Crippen molar-refractivity contribution in [2.24, 2.45) is 22.7 Å². The molecule has 31 heavy (non-hydrogen) atoms. The van der Waals surface area contributed by atoms with E-state index < -0.39 is 16.8 Å². The molecular formula is C28H28O3. The van der Waals surface area contributed by atoms with Gasteiger partial charge in [0.1, 0.15) is 0 Å². The monoisotopic (exact) mass is 412 g/mol. The van der Waals surface area contributed by atoms with Crippen LogP contribution < -0.4 is 0 Å². The Bertz CT molecular complexity index is 1080. The van der Waals surface area contributed by atoms with Crippen LogP contribution in [0.2, 0.25) is 0 Å². The Kier molecular flexibility index (Phi) is 4.73. The second kappa shape index (κ2) is 7.33. The van der Waals surface area contributed by atoms with Gasteiger partial charge in [0, 0.05) is 0 Å². The average molecular weight is 413 g/mol. The first-order valence-electron chi connectivity index (χ1n) is 11.2. The van der Waals surface area contributed by atoms with E-state index in [9.17, 15) is 9.59 Å². The van der Waals surface area contributed by atoms with Gasteiger partial charge in [-0.1, -0.05) is 72.8 Å². The second-order valence-corrected chi connectivity index (χ2v) is 9.15. The highest BCUT2D eigenvalue weighted by Gasteiger charge is 2.76. The van der Waals surface area contributed by atoms with Gasteiger partial charge in [0.05, 0.1) is 12.5 Å². The molecule has 0 heterocycles. The number of carbonyl (C=O) groups excluding carboxylic acids is 2. The summed E-state index contributed by atoms with van der Waals surface area (Å²) in [5, 5.41) is 0. The molecule has 5 rings (SSSR count). The van der Waals surface area contributed by atoms with Crippen molar-refractivity contribution >= 4 is 22.9 Å². The van der Waals surface area contributed by atoms with Gasteiger partial charge in [-0.25, -0.2) is 0 Å². The maximum absolute atomic E-state index is 14.4. The van der Waals surface area contributed by atoms with E-state index in [1.807, 2.05) is 48.5 Å². The summed E-state index contributed by atoms with van der Waals surface area (Å²) < 4.78 is 5.42. The number of ketones is 1. The summed E-state index contributed by atoms with van der Waals surface area (Å²) in [7, 11) is 1.42. The smallest absolute Gasteiger partial charge is 0.324 e. The largest absolute Gasteiger partial charge is 0.468 e. The SMILES string of the molecule is COC(=O)[C@]12C(=O)[C@](C)(C(c3ccccc3)=C1c1ccccc1)[C@@H]1CC/C=C\CC[C@@H]12. The molecule has 158 valence electrons. The Morgan fingerprint density at radius 3 is 1.90 bits per heavy atom. The predicted molar refractivity (Wildman–Crippen MR) is 122 cm³/mol. The molecule has 2 bridgehead atoms. The lowest BCUT2D eigenvalue weighted by Crippen LogP contribution is -2.43. The van der Waals surface area contributed by atoms with Crippen molar-refractivity contribution in [2.75, 3.05) is 7.11 Å². The molecule has 1 fully saturated rings. The van der Waals surface area contributed by atoms with Crippen LogP contribution in [0.5, 0.6) is 0 Å². The van der Waals surface area contributed by atoms with Crippen molar-refractivity contribution in [1.29, 1.82) is 0 Å². The lowest BCUT2D eigenvalue weighted by Gasteiger charge is -2.42. The fourth-order valence-corrected chi connectivity index (χ4v) is 6.73. The molecule has 1 saturated carbocycles. The Morgan fingerprint density at radius 2 is 1.35 bits per heavy atom. The van der Waals surface area contributed by atoms with E-state index in [0.29, 0.717) is 0 Å². The zero-order chi connectivity index (χ0) is 21.6. The van der Waals surface area contributed by atoms with Gasteiger partial charge < -0.3 is 4.74 Å². The van der Waals surface area contributed by atoms with Gasteiger partial charge in [0.15, 0.2) is 11.2 Å². The van der Waals surface area contributed by atoms with Crippen LogP contribution in [0, 0.1) is 22.7 Å². The van der Waals surface area contributed by atoms with E-state index in [2.05, 4.69) is 31.2 Å². The number of esters is 1. The number of allylic oxidation sites excluding steroid dienone is 3. The molecule has 3 aliphatic rings. The number of methoxy groups -OCH3 is 1. The molecule has 2 aromatic rings. The minimum atomic E-state index is -1.24. The van der Waals surface area contributed by atoms with Crippen LogP contribution in [-0.2, 0) is 14.3 Å². The van der Waals surface area contributed by atoms with Gasteiger partial charge in [0.25, 0.3) is 0 Å². The molecular weight excluding hydrogens is 384 g/mol. The van der Waals surface area contributed by atoms with Crippen LogP contribution in [0.15, 0.2) is 72.8 Å². The first-order valence-corrected chi connectivity index (χ1v) is 11.2. The summed E-state index contributed by atoms with van der Waals surface area (Å²) in [6, 6.07) is 20.1. The van der Waals surface area contributed by atoms with Gasteiger partial charge in [-0.2, -0.15) is 0 Å². The van der Waals surface area contributed by atoms with Crippen LogP contribution in [-0.4, -0.2) is 18.9 Å². The molecule has 0 N–H and O–H groups in total. The minimum Gasteiger partial charge on any atom is -0.468 e. The van der Waals surface area contributed by atoms with Crippen molar-refractivity contribution in [1.82, 2.24) is 0 Å². The zero-order valence-electron chi connectivity index (χ0n) is 18.1. The standard InChI is InChI=1S/C28H28O3/c1-27-21-17-11-3-4-12-18-22(21)28(25(27)29,26(30)31-2)24(20-15-9-6-10-16-20)23(27)19-13-7-5-8-14-19/h3-10,13-16,21-22H,11-12,17-18H2,1-2H3/b4-3-/t21-,22+,27+,28+/m1/s1. The number of rotatable bonds is 3. The molecule has 3 heteroatoms. The quantitative estimate of drug-likeness (QED) is 0.368. The van der Waals surface area contributed by atoms with E-state index in [0.717, 1.165) is 48.0 Å². The first-order chi connectivity index (χ1) is 15.1. The fourth-order valence-electron chi connectivity index (χ4n) is 6.73. The molecule has 0 saturated heterocycles. The van der Waals surface area contributed by atoms with Crippen LogP contribution in [0.1, 0.15) is 43.7 Å². The molecule has 3 nitrogen and oxygen atoms in total. The van der Waals surface area contributed by atoms with Crippen molar-refractivity contribution in [2.45, 2.75) is 32.6 Å². The summed E-state index contributed by atoms with van der Waals surface area (Å²) >= 11 is 0. The first kappa shape index (κ1) is 20.0. The van der Waals surface area contributed by atoms with Gasteiger partial charge in [-0.15, -0.1) is 0 Å². The number of benzene rings is 2. The van der Waals surface area contributed by atoms with Crippen LogP contribution in [0.3, 0.4) is 0 Å². The third kappa shape index (κ3) is 2.52. The molecule has 2 aromatic carbocycles. The molecule has 3 aliphatic carbocycles. The number of hydrogen-bond acceptors (Lipinski definition) is 3. The summed E-state index contributed by atoms with van der Waals surface area (Å²) in [4.78, 5) is 28.1. The second-order valence-electron chi connectivity index (χ2n) is 9.15. The highest BCUT2D eigenvalue weighted by molar-refractivity contribution is 6.31. The van der Waals surface area contributed by atoms with Crippen molar-refractivity contribution in [3.63, 3.8) is 0 Å². The maximum Gasteiger partial charge on any atom is 0.324 e. The Labute approximate surface area is 183 Å². The minimum absolute atomic E-state index is 0.0291. The summed E-state index contributed by atoms with van der Waals surface area (Å²) in [5.41, 5.74) is 1.89. The Balaban J connectivity index is 1.89. The van der Waals surface area contributed by atoms with E-state index in [-0.39, 0.29) is 17.6 Å². The molecule has 0 radical (unpaired) electrons. The number of fused-ring (bicyclic) bond motifs is 5. The number of ether oxygens (including phenoxy) is 1. The van der Waals surface area contributed by atoms with Crippen LogP contribution in [0.4, 0.5) is 0 Å². The zero-order valence-corrected chi connectivity index (χ0v) is 18.1. The third-order valence-electron chi connectivity index (χ3n) is 7.86. The van der Waals surface area contributed by atoms with E-state index in [1.165, 1.54) is 7.11 Å². The number of Topliss-reactive ketones (excluding diaryl/α,β-unsaturated/α-hetero) is 1. The lowest BCUT2D eigenvalue weighted by molar-refractivity contribution is -0.155. The van der Waals surface area contributed by atoms with Gasteiger partial charge in [-0.3, -0.25) is 9.59 Å². The summed E-state index contributed by atoms with van der Waals surface area (Å²) in [6.45, 7) is 2.08. The lowest BCUT2D eigenvalue weighted by atomic mass is 9.59. The topological polar surface area (TPSA) is 43.4 Å². The van der Waals surface area contributed by atoms with Crippen molar-refractivity contribution in [3.05, 3.63) is 83.9 Å². The maximum atomic E-state index is 14.4. The van der Waals surface area contributed by atoms with E-state index >= 15 is 0 Å². The fraction of sp³-hybridized carbons (Fsp3) is 0.357. The summed E-state index contributed by atoms with van der Waals surface area (Å²) in [5.74, 6) is -0.302. The molecule has 0 aliphatic heterocycles. The molecule has 0 unspecified atom stereocenters. The van der Waals surface area contributed by atoms with Crippen LogP contribution in [0.25, 0.3) is 11.1 Å². The van der Waals surface area contributed by atoms with Gasteiger partial charge in [-0.05, 0) is 66.7 Å². The average Bonchev–Trinajstić information content (AvgIpc) is 3.10. The highest BCUT2D eigenvalue weighted by Crippen LogP contribution is 2.73. The highest BCUT2D eigenvalue weighted by atomic mass is 16.5. The molecule has 4 atom stereocenters. The molecule has 0 amide bonds.